The molecule has 0 amide bonds. The van der Waals surface area contributed by atoms with Crippen molar-refractivity contribution in [2.24, 2.45) is 0 Å². The minimum atomic E-state index is -0.305. The van der Waals surface area contributed by atoms with E-state index in [2.05, 4.69) is 32.0 Å². The first-order valence-corrected chi connectivity index (χ1v) is 6.94. The van der Waals surface area contributed by atoms with Gasteiger partial charge in [-0.15, -0.1) is 11.6 Å². The summed E-state index contributed by atoms with van der Waals surface area (Å²) in [7, 11) is 3.29. The molecule has 0 radical (unpaired) electrons. The summed E-state index contributed by atoms with van der Waals surface area (Å²) in [6.45, 7) is 4.12. The third-order valence-corrected chi connectivity index (χ3v) is 3.88. The van der Waals surface area contributed by atoms with Gasteiger partial charge in [0.1, 0.15) is 11.5 Å². The van der Waals surface area contributed by atoms with E-state index in [4.69, 9.17) is 21.1 Å². The number of rotatable bonds is 4. The lowest BCUT2D eigenvalue weighted by Crippen LogP contribution is -2.02. The monoisotopic (exact) mass is 290 g/mol. The minimum Gasteiger partial charge on any atom is -0.496 e. The Kier molecular flexibility index (Phi) is 4.56. The summed E-state index contributed by atoms with van der Waals surface area (Å²) < 4.78 is 10.9. The van der Waals surface area contributed by atoms with Crippen LogP contribution in [0, 0.1) is 13.8 Å². The van der Waals surface area contributed by atoms with Crippen LogP contribution >= 0.6 is 11.6 Å². The Morgan fingerprint density at radius 3 is 2.10 bits per heavy atom. The van der Waals surface area contributed by atoms with Crippen LogP contribution in [0.5, 0.6) is 11.5 Å². The molecule has 0 bridgehead atoms. The number of alkyl halides is 1. The number of aryl methyl sites for hydroxylation is 2. The molecule has 0 spiro atoms. The first kappa shape index (κ1) is 14.7. The summed E-state index contributed by atoms with van der Waals surface area (Å²) in [5.74, 6) is 1.48. The highest BCUT2D eigenvalue weighted by Crippen LogP contribution is 2.42. The van der Waals surface area contributed by atoms with Crippen LogP contribution < -0.4 is 9.47 Å². The van der Waals surface area contributed by atoms with Crippen molar-refractivity contribution < 1.29 is 9.47 Å². The van der Waals surface area contributed by atoms with Gasteiger partial charge in [-0.25, -0.2) is 0 Å². The van der Waals surface area contributed by atoms with Gasteiger partial charge < -0.3 is 9.47 Å². The van der Waals surface area contributed by atoms with E-state index in [9.17, 15) is 0 Å². The van der Waals surface area contributed by atoms with Crippen LogP contribution in [0.1, 0.15) is 27.6 Å². The summed E-state index contributed by atoms with van der Waals surface area (Å²) in [6, 6.07) is 12.0. The quantitative estimate of drug-likeness (QED) is 0.763. The standard InChI is InChI=1S/C17H19ClO2/c1-11-8-9-12(2)13(10-11)17(18)16-14(19-3)6-5-7-15(16)20-4/h5-10,17H,1-4H3. The predicted octanol–water partition coefficient (Wildman–Crippen LogP) is 4.65. The van der Waals surface area contributed by atoms with Crippen molar-refractivity contribution >= 4 is 11.6 Å². The largest absolute Gasteiger partial charge is 0.496 e. The van der Waals surface area contributed by atoms with Crippen LogP contribution in [0.4, 0.5) is 0 Å². The van der Waals surface area contributed by atoms with Gasteiger partial charge >= 0.3 is 0 Å². The highest BCUT2D eigenvalue weighted by atomic mass is 35.5. The molecule has 2 nitrogen and oxygen atoms in total. The summed E-state index contributed by atoms with van der Waals surface area (Å²) in [4.78, 5) is 0. The summed E-state index contributed by atoms with van der Waals surface area (Å²) in [5.41, 5.74) is 4.29. The van der Waals surface area contributed by atoms with Crippen molar-refractivity contribution in [3.8, 4) is 11.5 Å². The molecule has 20 heavy (non-hydrogen) atoms. The number of hydrogen-bond donors (Lipinski definition) is 0. The van der Waals surface area contributed by atoms with E-state index in [1.807, 2.05) is 18.2 Å². The van der Waals surface area contributed by atoms with Gasteiger partial charge in [-0.3, -0.25) is 0 Å². The van der Waals surface area contributed by atoms with E-state index in [1.54, 1.807) is 14.2 Å². The maximum Gasteiger partial charge on any atom is 0.127 e. The number of hydrogen-bond acceptors (Lipinski definition) is 2. The van der Waals surface area contributed by atoms with Crippen molar-refractivity contribution in [1.82, 2.24) is 0 Å². The molecule has 0 saturated heterocycles. The molecular formula is C17H19ClO2. The molecule has 0 saturated carbocycles. The SMILES string of the molecule is COc1cccc(OC)c1C(Cl)c1cc(C)ccc1C. The molecule has 1 unspecified atom stereocenters. The molecule has 0 aliphatic rings. The molecule has 0 fully saturated rings. The fraction of sp³-hybridized carbons (Fsp3) is 0.294. The van der Waals surface area contributed by atoms with Gasteiger partial charge in [-0.1, -0.05) is 29.8 Å². The zero-order chi connectivity index (χ0) is 14.7. The predicted molar refractivity (Wildman–Crippen MR) is 83.2 cm³/mol. The molecule has 1 atom stereocenters. The number of ether oxygens (including phenoxy) is 2. The molecule has 2 aromatic rings. The average Bonchev–Trinajstić information content (AvgIpc) is 2.48. The number of methoxy groups -OCH3 is 2. The molecular weight excluding hydrogens is 272 g/mol. The van der Waals surface area contributed by atoms with Gasteiger partial charge in [0.05, 0.1) is 25.2 Å². The van der Waals surface area contributed by atoms with Gasteiger partial charge in [-0.2, -0.15) is 0 Å². The molecule has 0 aliphatic heterocycles. The average molecular weight is 291 g/mol. The zero-order valence-corrected chi connectivity index (χ0v) is 13.0. The minimum absolute atomic E-state index is 0.305. The van der Waals surface area contributed by atoms with Gasteiger partial charge in [-0.05, 0) is 37.1 Å². The maximum atomic E-state index is 6.72. The second-order valence-corrected chi connectivity index (χ2v) is 5.24. The first-order chi connectivity index (χ1) is 9.58. The van der Waals surface area contributed by atoms with E-state index >= 15 is 0 Å². The first-order valence-electron chi connectivity index (χ1n) is 6.50. The molecule has 3 heteroatoms. The lowest BCUT2D eigenvalue weighted by molar-refractivity contribution is 0.386. The van der Waals surface area contributed by atoms with Crippen LogP contribution in [0.15, 0.2) is 36.4 Å². The fourth-order valence-corrected chi connectivity index (χ4v) is 2.77. The fourth-order valence-electron chi connectivity index (χ4n) is 2.32. The normalized spacial score (nSPS) is 12.1. The van der Waals surface area contributed by atoms with Gasteiger partial charge in [0.25, 0.3) is 0 Å². The van der Waals surface area contributed by atoms with E-state index in [-0.39, 0.29) is 5.38 Å². The van der Waals surface area contributed by atoms with Crippen molar-refractivity contribution in [1.29, 1.82) is 0 Å². The Bertz CT molecular complexity index is 586. The lowest BCUT2D eigenvalue weighted by atomic mass is 9.97. The van der Waals surface area contributed by atoms with Crippen molar-refractivity contribution in [3.63, 3.8) is 0 Å². The molecule has 0 heterocycles. The van der Waals surface area contributed by atoms with Gasteiger partial charge in [0, 0.05) is 0 Å². The smallest absolute Gasteiger partial charge is 0.127 e. The van der Waals surface area contributed by atoms with Crippen LogP contribution in [-0.2, 0) is 0 Å². The van der Waals surface area contributed by atoms with Crippen molar-refractivity contribution in [3.05, 3.63) is 58.7 Å². The Labute approximate surface area is 125 Å². The van der Waals surface area contributed by atoms with Crippen LogP contribution in [0.25, 0.3) is 0 Å². The third kappa shape index (κ3) is 2.75. The van der Waals surface area contributed by atoms with Crippen molar-refractivity contribution in [2.75, 3.05) is 14.2 Å². The second kappa shape index (κ2) is 6.19. The van der Waals surface area contributed by atoms with Gasteiger partial charge in [0.15, 0.2) is 0 Å². The Morgan fingerprint density at radius 1 is 0.950 bits per heavy atom. The molecule has 106 valence electrons. The van der Waals surface area contributed by atoms with Crippen LogP contribution in [0.3, 0.4) is 0 Å². The number of halogens is 1. The topological polar surface area (TPSA) is 18.5 Å². The Balaban J connectivity index is 2.58. The maximum absolute atomic E-state index is 6.72. The van der Waals surface area contributed by atoms with Crippen molar-refractivity contribution in [2.45, 2.75) is 19.2 Å². The Hall–Kier alpha value is -1.67. The molecule has 0 aliphatic carbocycles. The highest BCUT2D eigenvalue weighted by molar-refractivity contribution is 6.23. The molecule has 0 aromatic heterocycles. The van der Waals surface area contributed by atoms with E-state index in [0.29, 0.717) is 0 Å². The lowest BCUT2D eigenvalue weighted by Gasteiger charge is -2.19. The van der Waals surface area contributed by atoms with E-state index in [0.717, 1.165) is 28.2 Å². The molecule has 0 N–H and O–H groups in total. The summed E-state index contributed by atoms with van der Waals surface area (Å²) in [6.07, 6.45) is 0. The second-order valence-electron chi connectivity index (χ2n) is 4.80. The van der Waals surface area contributed by atoms with Crippen LogP contribution in [-0.4, -0.2) is 14.2 Å². The summed E-state index contributed by atoms with van der Waals surface area (Å²) in [5, 5.41) is -0.305. The van der Waals surface area contributed by atoms with E-state index < -0.39 is 0 Å². The van der Waals surface area contributed by atoms with Gasteiger partial charge in [0.2, 0.25) is 0 Å². The number of benzene rings is 2. The Morgan fingerprint density at radius 2 is 1.55 bits per heavy atom. The summed E-state index contributed by atoms with van der Waals surface area (Å²) >= 11 is 6.72. The molecule has 2 rings (SSSR count). The zero-order valence-electron chi connectivity index (χ0n) is 12.2. The third-order valence-electron chi connectivity index (χ3n) is 3.43. The highest BCUT2D eigenvalue weighted by Gasteiger charge is 2.22. The van der Waals surface area contributed by atoms with Crippen LogP contribution in [0.2, 0.25) is 0 Å². The molecule has 2 aromatic carbocycles. The van der Waals surface area contributed by atoms with E-state index in [1.165, 1.54) is 5.56 Å².